The molecule has 6 heteroatoms. The smallest absolute Gasteiger partial charge is 0.355 e. The van der Waals surface area contributed by atoms with E-state index in [0.29, 0.717) is 0 Å². The highest BCUT2D eigenvalue weighted by Gasteiger charge is 2.32. The van der Waals surface area contributed by atoms with Gasteiger partial charge >= 0.3 is 6.18 Å². The van der Waals surface area contributed by atoms with Crippen LogP contribution >= 0.6 is 0 Å². The molecule has 0 fully saturated rings. The molecular formula is C11H12F3N3. The number of anilines is 1. The molecule has 0 aliphatic rings. The number of hydrogen-bond acceptors (Lipinski definition) is 3. The highest BCUT2D eigenvalue weighted by Crippen LogP contribution is 2.27. The number of rotatable bonds is 4. The van der Waals surface area contributed by atoms with Crippen molar-refractivity contribution in [3.63, 3.8) is 0 Å². The maximum absolute atomic E-state index is 12.2. The van der Waals surface area contributed by atoms with Crippen molar-refractivity contribution >= 4 is 5.82 Å². The van der Waals surface area contributed by atoms with Crippen LogP contribution in [0.4, 0.5) is 19.0 Å². The first-order valence-electron chi connectivity index (χ1n) is 5.11. The quantitative estimate of drug-likeness (QED) is 0.826. The Balaban J connectivity index is 2.72. The summed E-state index contributed by atoms with van der Waals surface area (Å²) in [5.41, 5.74) is -1.02. The Morgan fingerprint density at radius 2 is 2.12 bits per heavy atom. The second kappa shape index (κ2) is 5.53. The van der Waals surface area contributed by atoms with Crippen LogP contribution in [0.1, 0.15) is 25.5 Å². The van der Waals surface area contributed by atoms with Gasteiger partial charge in [0.2, 0.25) is 0 Å². The standard InChI is InChI=1S/C11H12F3N3/c1-3-5-8(4-2)15-10-7-6-9(16-17-10)11(12,13)14/h2,6-8H,3,5H2,1H3,(H,15,17). The minimum Gasteiger partial charge on any atom is -0.355 e. The predicted octanol–water partition coefficient (Wildman–Crippen LogP) is 2.71. The zero-order chi connectivity index (χ0) is 12.9. The Morgan fingerprint density at radius 3 is 2.53 bits per heavy atom. The average Bonchev–Trinajstić information content (AvgIpc) is 2.28. The van der Waals surface area contributed by atoms with Gasteiger partial charge < -0.3 is 5.32 Å². The summed E-state index contributed by atoms with van der Waals surface area (Å²) in [4.78, 5) is 0. The van der Waals surface area contributed by atoms with Crippen molar-refractivity contribution in [1.29, 1.82) is 0 Å². The molecule has 1 aromatic heterocycles. The van der Waals surface area contributed by atoms with Crippen LogP contribution in [-0.4, -0.2) is 16.2 Å². The average molecular weight is 243 g/mol. The van der Waals surface area contributed by atoms with Gasteiger partial charge in [-0.2, -0.15) is 13.2 Å². The Labute approximate surface area is 97.4 Å². The van der Waals surface area contributed by atoms with Gasteiger partial charge in [0.15, 0.2) is 5.69 Å². The molecule has 17 heavy (non-hydrogen) atoms. The van der Waals surface area contributed by atoms with Gasteiger partial charge in [-0.1, -0.05) is 19.3 Å². The van der Waals surface area contributed by atoms with Gasteiger partial charge in [-0.25, -0.2) is 0 Å². The van der Waals surface area contributed by atoms with Gasteiger partial charge in [-0.05, 0) is 18.6 Å². The van der Waals surface area contributed by atoms with Crippen LogP contribution in [0.5, 0.6) is 0 Å². The van der Waals surface area contributed by atoms with Gasteiger partial charge in [0.05, 0.1) is 6.04 Å². The van der Waals surface area contributed by atoms with E-state index in [0.717, 1.165) is 18.9 Å². The SMILES string of the molecule is C#CC(CCC)Nc1ccc(C(F)(F)F)nn1. The molecule has 1 N–H and O–H groups in total. The number of terminal acetylenes is 1. The van der Waals surface area contributed by atoms with E-state index in [9.17, 15) is 13.2 Å². The van der Waals surface area contributed by atoms with E-state index in [1.165, 1.54) is 6.07 Å². The lowest BCUT2D eigenvalue weighted by Crippen LogP contribution is -2.18. The number of nitrogens with zero attached hydrogens (tertiary/aromatic N) is 2. The van der Waals surface area contributed by atoms with Crippen molar-refractivity contribution in [2.45, 2.75) is 32.0 Å². The summed E-state index contributed by atoms with van der Waals surface area (Å²) in [7, 11) is 0. The molecule has 1 heterocycles. The fraction of sp³-hybridized carbons (Fsp3) is 0.455. The third-order valence-corrected chi connectivity index (χ3v) is 2.06. The number of hydrogen-bond donors (Lipinski definition) is 1. The zero-order valence-corrected chi connectivity index (χ0v) is 9.25. The fourth-order valence-corrected chi connectivity index (χ4v) is 1.22. The molecule has 0 radical (unpaired) electrons. The number of aromatic nitrogens is 2. The molecule has 1 atom stereocenters. The highest BCUT2D eigenvalue weighted by atomic mass is 19.4. The molecule has 0 saturated heterocycles. The van der Waals surface area contributed by atoms with E-state index in [1.807, 2.05) is 6.92 Å². The van der Waals surface area contributed by atoms with E-state index in [1.54, 1.807) is 0 Å². The molecule has 3 nitrogen and oxygen atoms in total. The second-order valence-corrected chi connectivity index (χ2v) is 3.45. The van der Waals surface area contributed by atoms with Gasteiger partial charge in [0, 0.05) is 0 Å². The normalized spacial score (nSPS) is 12.9. The highest BCUT2D eigenvalue weighted by molar-refractivity contribution is 5.37. The van der Waals surface area contributed by atoms with Crippen molar-refractivity contribution in [2.24, 2.45) is 0 Å². The Morgan fingerprint density at radius 1 is 1.41 bits per heavy atom. The Kier molecular flexibility index (Phi) is 4.32. The third-order valence-electron chi connectivity index (χ3n) is 2.06. The second-order valence-electron chi connectivity index (χ2n) is 3.45. The van der Waals surface area contributed by atoms with Crippen molar-refractivity contribution in [3.8, 4) is 12.3 Å². The Hall–Kier alpha value is -1.77. The summed E-state index contributed by atoms with van der Waals surface area (Å²) < 4.78 is 36.6. The largest absolute Gasteiger partial charge is 0.435 e. The monoisotopic (exact) mass is 243 g/mol. The van der Waals surface area contributed by atoms with Crippen molar-refractivity contribution < 1.29 is 13.2 Å². The molecule has 1 aromatic rings. The van der Waals surface area contributed by atoms with Crippen molar-refractivity contribution in [2.75, 3.05) is 5.32 Å². The van der Waals surface area contributed by atoms with Crippen LogP contribution < -0.4 is 5.32 Å². The van der Waals surface area contributed by atoms with Crippen LogP contribution in [0, 0.1) is 12.3 Å². The van der Waals surface area contributed by atoms with Crippen LogP contribution in [0.3, 0.4) is 0 Å². The van der Waals surface area contributed by atoms with E-state index < -0.39 is 11.9 Å². The molecule has 1 rings (SSSR count). The minimum atomic E-state index is -4.47. The lowest BCUT2D eigenvalue weighted by atomic mass is 10.2. The van der Waals surface area contributed by atoms with Crippen LogP contribution in [0.25, 0.3) is 0 Å². The summed E-state index contributed by atoms with van der Waals surface area (Å²) >= 11 is 0. The fourth-order valence-electron chi connectivity index (χ4n) is 1.22. The molecule has 0 bridgehead atoms. The molecule has 0 aliphatic carbocycles. The van der Waals surface area contributed by atoms with Crippen LogP contribution in [0.2, 0.25) is 0 Å². The van der Waals surface area contributed by atoms with Crippen molar-refractivity contribution in [1.82, 2.24) is 10.2 Å². The summed E-state index contributed by atoms with van der Waals surface area (Å²) in [5, 5.41) is 9.36. The molecule has 1 unspecified atom stereocenters. The Bertz CT molecular complexity index is 392. The first-order chi connectivity index (χ1) is 7.97. The van der Waals surface area contributed by atoms with E-state index in [2.05, 4.69) is 21.4 Å². The molecular weight excluding hydrogens is 231 g/mol. The molecule has 92 valence electrons. The summed E-state index contributed by atoms with van der Waals surface area (Å²) in [5.74, 6) is 2.74. The van der Waals surface area contributed by atoms with E-state index in [-0.39, 0.29) is 11.9 Å². The zero-order valence-electron chi connectivity index (χ0n) is 9.25. The van der Waals surface area contributed by atoms with Crippen molar-refractivity contribution in [3.05, 3.63) is 17.8 Å². The van der Waals surface area contributed by atoms with Crippen LogP contribution in [0.15, 0.2) is 12.1 Å². The maximum atomic E-state index is 12.2. The summed E-state index contributed by atoms with van der Waals surface area (Å²) in [6, 6.07) is 1.84. The first kappa shape index (κ1) is 13.3. The molecule has 0 amide bonds. The van der Waals surface area contributed by atoms with Gasteiger partial charge in [-0.15, -0.1) is 16.6 Å². The summed E-state index contributed by atoms with van der Waals surface area (Å²) in [6.07, 6.45) is 2.39. The van der Waals surface area contributed by atoms with Gasteiger partial charge in [0.25, 0.3) is 0 Å². The molecule has 0 aliphatic heterocycles. The number of halogens is 3. The number of nitrogens with one attached hydrogen (secondary N) is 1. The lowest BCUT2D eigenvalue weighted by molar-refractivity contribution is -0.141. The van der Waals surface area contributed by atoms with E-state index >= 15 is 0 Å². The predicted molar refractivity (Wildman–Crippen MR) is 58.2 cm³/mol. The van der Waals surface area contributed by atoms with E-state index in [4.69, 9.17) is 6.42 Å². The molecule has 0 spiro atoms. The molecule has 0 aromatic carbocycles. The van der Waals surface area contributed by atoms with Gasteiger partial charge in [-0.3, -0.25) is 0 Å². The number of alkyl halides is 3. The maximum Gasteiger partial charge on any atom is 0.435 e. The van der Waals surface area contributed by atoms with Crippen LogP contribution in [-0.2, 0) is 6.18 Å². The molecule has 0 saturated carbocycles. The summed E-state index contributed by atoms with van der Waals surface area (Å²) in [6.45, 7) is 1.96. The first-order valence-corrected chi connectivity index (χ1v) is 5.11. The third kappa shape index (κ3) is 3.94. The van der Waals surface area contributed by atoms with Gasteiger partial charge in [0.1, 0.15) is 5.82 Å². The lowest BCUT2D eigenvalue weighted by Gasteiger charge is -2.12. The minimum absolute atomic E-state index is 0.244. The topological polar surface area (TPSA) is 37.8 Å².